The van der Waals surface area contributed by atoms with Crippen molar-refractivity contribution < 1.29 is 0 Å². The van der Waals surface area contributed by atoms with Crippen molar-refractivity contribution in [2.75, 3.05) is 12.0 Å². The van der Waals surface area contributed by atoms with E-state index in [1.807, 2.05) is 30.0 Å². The molecule has 0 aliphatic carbocycles. The van der Waals surface area contributed by atoms with Gasteiger partial charge < -0.3 is 5.73 Å². The molecule has 0 aromatic heterocycles. The molecule has 2 rings (SSSR count). The number of benzene rings is 2. The zero-order valence-corrected chi connectivity index (χ0v) is 11.4. The first-order valence-electron chi connectivity index (χ1n) is 5.39. The van der Waals surface area contributed by atoms with Crippen LogP contribution in [0.2, 0.25) is 0 Å². The van der Waals surface area contributed by atoms with Crippen LogP contribution in [0.15, 0.2) is 58.3 Å². The first kappa shape index (κ1) is 12.4. The Morgan fingerprint density at radius 1 is 1.00 bits per heavy atom. The van der Waals surface area contributed by atoms with Crippen LogP contribution in [0, 0.1) is 0 Å². The molecule has 88 valence electrons. The van der Waals surface area contributed by atoms with Gasteiger partial charge in [-0.05, 0) is 42.2 Å². The Bertz CT molecular complexity index is 480. The molecular weight excluding hydrogens is 246 g/mol. The summed E-state index contributed by atoms with van der Waals surface area (Å²) in [5, 5.41) is 0. The fourth-order valence-electron chi connectivity index (χ4n) is 1.49. The average molecular weight is 261 g/mol. The molecule has 0 aliphatic heterocycles. The molecule has 0 saturated heterocycles. The Kier molecular flexibility index (Phi) is 4.40. The molecule has 2 aromatic rings. The third-order valence-corrected chi connectivity index (χ3v) is 4.23. The predicted octanol–water partition coefficient (Wildman–Crippen LogP) is 4.28. The average Bonchev–Trinajstić information content (AvgIpc) is 2.37. The summed E-state index contributed by atoms with van der Waals surface area (Å²) >= 11 is 3.58. The van der Waals surface area contributed by atoms with Gasteiger partial charge in [-0.3, -0.25) is 0 Å². The topological polar surface area (TPSA) is 26.0 Å². The van der Waals surface area contributed by atoms with E-state index in [-0.39, 0.29) is 0 Å². The van der Waals surface area contributed by atoms with Gasteiger partial charge in [-0.15, -0.1) is 23.5 Å². The van der Waals surface area contributed by atoms with Crippen LogP contribution >= 0.6 is 23.5 Å². The molecular formula is C14H15NS2. The fourth-order valence-corrected chi connectivity index (χ4v) is 2.82. The molecule has 0 saturated carbocycles. The second-order valence-corrected chi connectivity index (χ2v) is 5.64. The number of nitrogen functional groups attached to an aromatic ring is 1. The minimum Gasteiger partial charge on any atom is -0.399 e. The van der Waals surface area contributed by atoms with E-state index in [1.165, 1.54) is 15.4 Å². The van der Waals surface area contributed by atoms with Crippen molar-refractivity contribution in [1.82, 2.24) is 0 Å². The van der Waals surface area contributed by atoms with E-state index < -0.39 is 0 Å². The van der Waals surface area contributed by atoms with Gasteiger partial charge in [-0.1, -0.05) is 18.2 Å². The van der Waals surface area contributed by atoms with E-state index in [9.17, 15) is 0 Å². The number of anilines is 1. The van der Waals surface area contributed by atoms with E-state index in [4.69, 9.17) is 5.73 Å². The Morgan fingerprint density at radius 3 is 2.41 bits per heavy atom. The lowest BCUT2D eigenvalue weighted by atomic mass is 10.2. The first-order valence-corrected chi connectivity index (χ1v) is 7.60. The van der Waals surface area contributed by atoms with Crippen molar-refractivity contribution in [3.8, 4) is 0 Å². The minimum absolute atomic E-state index is 0.827. The third-order valence-electron chi connectivity index (χ3n) is 2.42. The highest BCUT2D eigenvalue weighted by Crippen LogP contribution is 2.25. The molecule has 0 radical (unpaired) electrons. The van der Waals surface area contributed by atoms with Crippen molar-refractivity contribution in [3.63, 3.8) is 0 Å². The zero-order chi connectivity index (χ0) is 12.1. The Labute approximate surface area is 111 Å². The molecule has 0 fully saturated rings. The monoisotopic (exact) mass is 261 g/mol. The molecule has 0 amide bonds. The lowest BCUT2D eigenvalue weighted by molar-refractivity contribution is 1.34. The van der Waals surface area contributed by atoms with Gasteiger partial charge in [-0.25, -0.2) is 0 Å². The smallest absolute Gasteiger partial charge is 0.0325 e. The molecule has 0 aliphatic rings. The van der Waals surface area contributed by atoms with Gasteiger partial charge in [0, 0.05) is 21.2 Å². The van der Waals surface area contributed by atoms with Crippen LogP contribution < -0.4 is 5.73 Å². The van der Waals surface area contributed by atoms with E-state index >= 15 is 0 Å². The SMILES string of the molecule is CSc1ccc(CSc2cccc(N)c2)cc1. The van der Waals surface area contributed by atoms with Gasteiger partial charge in [0.05, 0.1) is 0 Å². The van der Waals surface area contributed by atoms with Crippen LogP contribution in [-0.4, -0.2) is 6.26 Å². The molecule has 2 N–H and O–H groups in total. The van der Waals surface area contributed by atoms with Crippen molar-refractivity contribution in [2.24, 2.45) is 0 Å². The van der Waals surface area contributed by atoms with E-state index in [0.29, 0.717) is 0 Å². The maximum atomic E-state index is 5.75. The van der Waals surface area contributed by atoms with Crippen LogP contribution in [0.4, 0.5) is 5.69 Å². The van der Waals surface area contributed by atoms with Gasteiger partial charge in [0.15, 0.2) is 0 Å². The van der Waals surface area contributed by atoms with E-state index in [1.54, 1.807) is 11.8 Å². The summed E-state index contributed by atoms with van der Waals surface area (Å²) in [6.07, 6.45) is 2.09. The molecule has 0 heterocycles. The van der Waals surface area contributed by atoms with Gasteiger partial charge in [0.25, 0.3) is 0 Å². The number of rotatable bonds is 4. The zero-order valence-electron chi connectivity index (χ0n) is 9.72. The Balaban J connectivity index is 1.97. The van der Waals surface area contributed by atoms with Gasteiger partial charge in [0.2, 0.25) is 0 Å². The maximum Gasteiger partial charge on any atom is 0.0325 e. The van der Waals surface area contributed by atoms with Crippen LogP contribution in [-0.2, 0) is 5.75 Å². The van der Waals surface area contributed by atoms with E-state index in [0.717, 1.165) is 11.4 Å². The number of hydrogen-bond donors (Lipinski definition) is 1. The number of thioether (sulfide) groups is 2. The first-order chi connectivity index (χ1) is 8.28. The summed E-state index contributed by atoms with van der Waals surface area (Å²) in [7, 11) is 0. The Morgan fingerprint density at radius 2 is 1.76 bits per heavy atom. The fraction of sp³-hybridized carbons (Fsp3) is 0.143. The molecule has 17 heavy (non-hydrogen) atoms. The second-order valence-electron chi connectivity index (χ2n) is 3.71. The lowest BCUT2D eigenvalue weighted by Gasteiger charge is -2.04. The maximum absolute atomic E-state index is 5.75. The third kappa shape index (κ3) is 3.72. The normalized spacial score (nSPS) is 10.4. The van der Waals surface area contributed by atoms with Gasteiger partial charge >= 0.3 is 0 Å². The van der Waals surface area contributed by atoms with Crippen molar-refractivity contribution >= 4 is 29.2 Å². The summed E-state index contributed by atoms with van der Waals surface area (Å²) < 4.78 is 0. The molecule has 0 bridgehead atoms. The van der Waals surface area contributed by atoms with Crippen LogP contribution in [0.5, 0.6) is 0 Å². The molecule has 1 nitrogen and oxygen atoms in total. The molecule has 0 atom stereocenters. The number of nitrogens with two attached hydrogens (primary N) is 1. The van der Waals surface area contributed by atoms with Crippen molar-refractivity contribution in [3.05, 3.63) is 54.1 Å². The summed E-state index contributed by atoms with van der Waals surface area (Å²) in [5.74, 6) is 0.984. The standard InChI is InChI=1S/C14H15NS2/c1-16-13-7-5-11(6-8-13)10-17-14-4-2-3-12(15)9-14/h2-9H,10,15H2,1H3. The number of hydrogen-bond acceptors (Lipinski definition) is 3. The summed E-state index contributed by atoms with van der Waals surface area (Å²) in [4.78, 5) is 2.53. The highest BCUT2D eigenvalue weighted by atomic mass is 32.2. The summed E-state index contributed by atoms with van der Waals surface area (Å²) in [5.41, 5.74) is 7.92. The molecule has 0 spiro atoms. The van der Waals surface area contributed by atoms with Crippen molar-refractivity contribution in [1.29, 1.82) is 0 Å². The van der Waals surface area contributed by atoms with Crippen molar-refractivity contribution in [2.45, 2.75) is 15.5 Å². The van der Waals surface area contributed by atoms with Crippen LogP contribution in [0.1, 0.15) is 5.56 Å². The van der Waals surface area contributed by atoms with Crippen LogP contribution in [0.3, 0.4) is 0 Å². The summed E-state index contributed by atoms with van der Waals surface area (Å²) in [6.45, 7) is 0. The molecule has 2 aromatic carbocycles. The second kappa shape index (κ2) is 6.03. The predicted molar refractivity (Wildman–Crippen MR) is 78.6 cm³/mol. The highest BCUT2D eigenvalue weighted by Gasteiger charge is 1.97. The Hall–Kier alpha value is -1.06. The molecule has 0 unspecified atom stereocenters. The van der Waals surface area contributed by atoms with Gasteiger partial charge in [-0.2, -0.15) is 0 Å². The molecule has 3 heteroatoms. The largest absolute Gasteiger partial charge is 0.399 e. The lowest BCUT2D eigenvalue weighted by Crippen LogP contribution is -1.84. The highest BCUT2D eigenvalue weighted by molar-refractivity contribution is 7.98. The van der Waals surface area contributed by atoms with Gasteiger partial charge in [0.1, 0.15) is 0 Å². The van der Waals surface area contributed by atoms with Crippen LogP contribution in [0.25, 0.3) is 0 Å². The minimum atomic E-state index is 0.827. The quantitative estimate of drug-likeness (QED) is 0.657. The summed E-state index contributed by atoms with van der Waals surface area (Å²) in [6, 6.07) is 16.7. The van der Waals surface area contributed by atoms with E-state index in [2.05, 4.69) is 36.6 Å².